The van der Waals surface area contributed by atoms with Crippen LogP contribution in [0.1, 0.15) is 20.9 Å². The fourth-order valence-corrected chi connectivity index (χ4v) is 4.80. The Balaban J connectivity index is 1.49. The van der Waals surface area contributed by atoms with Crippen molar-refractivity contribution in [3.05, 3.63) is 66.8 Å². The van der Waals surface area contributed by atoms with Gasteiger partial charge >= 0.3 is 0 Å². The number of amides is 1. The highest BCUT2D eigenvalue weighted by atomic mass is 32.1. The maximum atomic E-state index is 13.2. The van der Waals surface area contributed by atoms with Crippen LogP contribution in [0.4, 0.5) is 5.69 Å². The summed E-state index contributed by atoms with van der Waals surface area (Å²) in [5.74, 6) is 0.0897. The van der Waals surface area contributed by atoms with Crippen LogP contribution in [0, 0.1) is 10.1 Å². The van der Waals surface area contributed by atoms with Crippen molar-refractivity contribution in [1.29, 1.82) is 0 Å². The lowest BCUT2D eigenvalue weighted by molar-refractivity contribution is -0.385. The van der Waals surface area contributed by atoms with Crippen LogP contribution in [0.15, 0.2) is 40.5 Å². The third-order valence-electron chi connectivity index (χ3n) is 5.19. The largest absolute Gasteiger partial charge is 0.493 e. The third kappa shape index (κ3) is 5.06. The second kappa shape index (κ2) is 10.1. The number of nitrogens with zero attached hydrogens (tertiary/aromatic N) is 4. The first-order chi connectivity index (χ1) is 15.5. The molecule has 2 aromatic heterocycles. The van der Waals surface area contributed by atoms with Crippen LogP contribution in [-0.4, -0.2) is 58.9 Å². The fraction of sp³-hybridized carbons (Fsp3) is 0.333. The van der Waals surface area contributed by atoms with Crippen molar-refractivity contribution >= 4 is 34.3 Å². The summed E-state index contributed by atoms with van der Waals surface area (Å²) in [6.07, 6.45) is 0. The number of piperazine rings is 1. The van der Waals surface area contributed by atoms with Gasteiger partial charge in [-0.15, -0.1) is 22.7 Å². The number of benzene rings is 1. The minimum atomic E-state index is -0.560. The van der Waals surface area contributed by atoms with Crippen LogP contribution in [0.3, 0.4) is 0 Å². The quantitative estimate of drug-likeness (QED) is 0.363. The molecule has 32 heavy (non-hydrogen) atoms. The number of rotatable bonds is 8. The first kappa shape index (κ1) is 22.2. The van der Waals surface area contributed by atoms with E-state index >= 15 is 0 Å². The molecule has 1 fully saturated rings. The average Bonchev–Trinajstić information content (AvgIpc) is 3.51. The standard InChI is InChI=1S/C21H22N4O5S2/c1-29-19-9-17(18(25(27)28)10-20(19)30-12-15-13-31-14-22-15)21(26)24-6-4-23(5-7-24)11-16-3-2-8-32-16/h2-3,8-10,13-14H,4-7,11-12H2,1H3. The topological polar surface area (TPSA) is 98.0 Å². The average molecular weight is 475 g/mol. The van der Waals surface area contributed by atoms with Crippen LogP contribution < -0.4 is 9.47 Å². The molecule has 3 heterocycles. The van der Waals surface area contributed by atoms with Crippen molar-refractivity contribution in [3.8, 4) is 11.5 Å². The molecule has 1 amide bonds. The van der Waals surface area contributed by atoms with E-state index in [1.54, 1.807) is 21.7 Å². The van der Waals surface area contributed by atoms with Crippen LogP contribution >= 0.6 is 22.7 Å². The Morgan fingerprint density at radius 2 is 2.06 bits per heavy atom. The summed E-state index contributed by atoms with van der Waals surface area (Å²) < 4.78 is 11.1. The van der Waals surface area contributed by atoms with E-state index in [4.69, 9.17) is 9.47 Å². The Morgan fingerprint density at radius 3 is 2.69 bits per heavy atom. The van der Waals surface area contributed by atoms with Crippen molar-refractivity contribution in [3.63, 3.8) is 0 Å². The van der Waals surface area contributed by atoms with Gasteiger partial charge in [0.2, 0.25) is 0 Å². The van der Waals surface area contributed by atoms with Crippen LogP contribution in [0.2, 0.25) is 0 Å². The molecule has 9 nitrogen and oxygen atoms in total. The van der Waals surface area contributed by atoms with E-state index in [0.717, 1.165) is 6.54 Å². The number of nitro benzene ring substituents is 1. The SMILES string of the molecule is COc1cc(C(=O)N2CCN(Cc3cccs3)CC2)c([N+](=O)[O-])cc1OCc1cscn1. The maximum Gasteiger partial charge on any atom is 0.286 e. The third-order valence-corrected chi connectivity index (χ3v) is 6.68. The number of thiazole rings is 1. The molecule has 0 spiro atoms. The first-order valence-electron chi connectivity index (χ1n) is 9.95. The molecular weight excluding hydrogens is 452 g/mol. The molecule has 1 saturated heterocycles. The second-order valence-corrected chi connectivity index (χ2v) is 8.94. The van der Waals surface area contributed by atoms with Gasteiger partial charge in [0.15, 0.2) is 11.5 Å². The molecule has 0 atom stereocenters. The summed E-state index contributed by atoms with van der Waals surface area (Å²) in [5, 5.41) is 15.6. The van der Waals surface area contributed by atoms with E-state index in [1.807, 2.05) is 16.8 Å². The highest BCUT2D eigenvalue weighted by Crippen LogP contribution is 2.36. The lowest BCUT2D eigenvalue weighted by Gasteiger charge is -2.34. The molecule has 0 radical (unpaired) electrons. The molecule has 3 aromatic rings. The Morgan fingerprint density at radius 1 is 1.25 bits per heavy atom. The van der Waals surface area contributed by atoms with Gasteiger partial charge in [-0.2, -0.15) is 0 Å². The van der Waals surface area contributed by atoms with Crippen LogP contribution in [0.25, 0.3) is 0 Å². The number of methoxy groups -OCH3 is 1. The number of carbonyl (C=O) groups excluding carboxylic acids is 1. The molecule has 0 aliphatic carbocycles. The molecule has 0 N–H and O–H groups in total. The Kier molecular flexibility index (Phi) is 6.98. The fourth-order valence-electron chi connectivity index (χ4n) is 3.51. The van der Waals surface area contributed by atoms with Gasteiger partial charge in [0.25, 0.3) is 11.6 Å². The Bertz CT molecular complexity index is 1060. The second-order valence-electron chi connectivity index (χ2n) is 7.19. The van der Waals surface area contributed by atoms with Crippen molar-refractivity contribution in [1.82, 2.24) is 14.8 Å². The van der Waals surface area contributed by atoms with Gasteiger partial charge in [0.05, 0.1) is 29.3 Å². The summed E-state index contributed by atoms with van der Waals surface area (Å²) in [7, 11) is 1.44. The van der Waals surface area contributed by atoms with Gasteiger partial charge in [-0.3, -0.25) is 19.8 Å². The molecule has 1 aliphatic rings. The van der Waals surface area contributed by atoms with Gasteiger partial charge < -0.3 is 14.4 Å². The van der Waals surface area contributed by atoms with E-state index in [0.29, 0.717) is 31.9 Å². The first-order valence-corrected chi connectivity index (χ1v) is 11.8. The molecule has 1 aliphatic heterocycles. The van der Waals surface area contributed by atoms with E-state index < -0.39 is 4.92 Å². The summed E-state index contributed by atoms with van der Waals surface area (Å²) in [5.41, 5.74) is 2.09. The number of hydrogen-bond acceptors (Lipinski definition) is 9. The zero-order chi connectivity index (χ0) is 22.5. The zero-order valence-electron chi connectivity index (χ0n) is 17.4. The molecule has 168 valence electrons. The number of ether oxygens (including phenoxy) is 2. The van der Waals surface area contributed by atoms with Crippen LogP contribution in [-0.2, 0) is 13.2 Å². The zero-order valence-corrected chi connectivity index (χ0v) is 19.1. The van der Waals surface area contributed by atoms with E-state index in [2.05, 4.69) is 16.0 Å². The number of carbonyl (C=O) groups is 1. The molecule has 11 heteroatoms. The highest BCUT2D eigenvalue weighted by molar-refractivity contribution is 7.09. The summed E-state index contributed by atoms with van der Waals surface area (Å²) >= 11 is 3.14. The van der Waals surface area contributed by atoms with Gasteiger partial charge in [-0.25, -0.2) is 4.98 Å². The molecule has 0 unspecified atom stereocenters. The number of aromatic nitrogens is 1. The predicted octanol–water partition coefficient (Wildman–Crippen LogP) is 3.66. The van der Waals surface area contributed by atoms with Gasteiger partial charge in [0, 0.05) is 49.0 Å². The monoisotopic (exact) mass is 474 g/mol. The highest BCUT2D eigenvalue weighted by Gasteiger charge is 2.30. The minimum absolute atomic E-state index is 0.000403. The summed E-state index contributed by atoms with van der Waals surface area (Å²) in [4.78, 5) is 33.7. The number of hydrogen-bond donors (Lipinski definition) is 0. The van der Waals surface area contributed by atoms with Gasteiger partial charge in [-0.1, -0.05) is 6.07 Å². The van der Waals surface area contributed by atoms with E-state index in [9.17, 15) is 14.9 Å². The molecule has 0 saturated carbocycles. The van der Waals surface area contributed by atoms with Crippen LogP contribution in [0.5, 0.6) is 11.5 Å². The molecule has 4 rings (SSSR count). The minimum Gasteiger partial charge on any atom is -0.493 e. The Hall–Kier alpha value is -3.02. The van der Waals surface area contributed by atoms with Crippen molar-refractivity contribution < 1.29 is 19.2 Å². The van der Waals surface area contributed by atoms with Crippen molar-refractivity contribution in [2.45, 2.75) is 13.2 Å². The molecule has 0 bridgehead atoms. The van der Waals surface area contributed by atoms with Gasteiger partial charge in [0.1, 0.15) is 12.2 Å². The number of nitro groups is 1. The Labute approximate surface area is 193 Å². The van der Waals surface area contributed by atoms with Gasteiger partial charge in [-0.05, 0) is 11.4 Å². The lowest BCUT2D eigenvalue weighted by Crippen LogP contribution is -2.48. The predicted molar refractivity (Wildman–Crippen MR) is 122 cm³/mol. The van der Waals surface area contributed by atoms with E-state index in [1.165, 1.54) is 35.5 Å². The molecular formula is C21H22N4O5S2. The van der Waals surface area contributed by atoms with E-state index in [-0.39, 0.29) is 35.3 Å². The lowest BCUT2D eigenvalue weighted by atomic mass is 10.1. The normalized spacial score (nSPS) is 14.3. The summed E-state index contributed by atoms with van der Waals surface area (Å²) in [6.45, 7) is 3.43. The number of thiophene rings is 1. The smallest absolute Gasteiger partial charge is 0.286 e. The molecule has 1 aromatic carbocycles. The van der Waals surface area contributed by atoms with Crippen molar-refractivity contribution in [2.75, 3.05) is 33.3 Å². The summed E-state index contributed by atoms with van der Waals surface area (Å²) in [6, 6.07) is 6.77. The maximum absolute atomic E-state index is 13.2. The van der Waals surface area contributed by atoms with Crippen molar-refractivity contribution in [2.24, 2.45) is 0 Å².